The molecular weight excluding hydrogens is 641 g/mol. The van der Waals surface area contributed by atoms with Gasteiger partial charge in [0.15, 0.2) is 0 Å². The number of rotatable bonds is 14. The van der Waals surface area contributed by atoms with Gasteiger partial charge in [-0.3, -0.25) is 4.79 Å². The van der Waals surface area contributed by atoms with Crippen molar-refractivity contribution in [2.45, 2.75) is 22.3 Å². The Morgan fingerprint density at radius 2 is 0.673 bits per heavy atom. The van der Waals surface area contributed by atoms with E-state index in [9.17, 15) is 9.90 Å². The quantitative estimate of drug-likeness (QED) is 0.0885. The number of carbonyl (C=O) groups is 1. The van der Waals surface area contributed by atoms with Gasteiger partial charge in [0.1, 0.15) is 0 Å². The fourth-order valence-corrected chi connectivity index (χ4v) is 9.10. The first kappa shape index (κ1) is 35.7. The summed E-state index contributed by atoms with van der Waals surface area (Å²) in [6.07, 6.45) is 0.928. The Bertz CT molecular complexity index is 1610. The van der Waals surface area contributed by atoms with Gasteiger partial charge in [0.2, 0.25) is 0 Å². The zero-order valence-corrected chi connectivity index (χ0v) is 29.1. The van der Waals surface area contributed by atoms with Crippen LogP contribution in [-0.2, 0) is 14.3 Å². The molecule has 5 heteroatoms. The summed E-state index contributed by atoms with van der Waals surface area (Å²) in [5.74, 6) is 0.666. The maximum absolute atomic E-state index is 11.1. The largest absolute Gasteiger partial charge is 0.481 e. The minimum Gasteiger partial charge on any atom is -0.481 e. The number of benzene rings is 6. The molecule has 0 unspecified atom stereocenters. The lowest BCUT2D eigenvalue weighted by atomic mass is 9.84. The van der Waals surface area contributed by atoms with E-state index in [1.165, 1.54) is 16.7 Å². The number of aliphatic carboxylic acids is 1. The molecule has 0 heterocycles. The fraction of sp³-hybridized carbons (Fsp3) is 0.159. The summed E-state index contributed by atoms with van der Waals surface area (Å²) < 4.78 is -0.696. The summed E-state index contributed by atoms with van der Waals surface area (Å²) in [5, 5.41) is 18.4. The SMILES string of the molecule is O=C(O)CCSC(c1ccccc1)(c1ccccc1)c1ccccc1.OCCCSC(c1ccccc1)(c1ccccc1)c1ccccc1. The molecule has 2 N–H and O–H groups in total. The Labute approximate surface area is 299 Å². The third-order valence-electron chi connectivity index (χ3n) is 8.34. The van der Waals surface area contributed by atoms with Crippen LogP contribution in [0.2, 0.25) is 0 Å². The topological polar surface area (TPSA) is 57.5 Å². The lowest BCUT2D eigenvalue weighted by molar-refractivity contribution is -0.136. The van der Waals surface area contributed by atoms with Crippen LogP contribution >= 0.6 is 23.5 Å². The van der Waals surface area contributed by atoms with E-state index in [1.54, 1.807) is 11.8 Å². The summed E-state index contributed by atoms with van der Waals surface area (Å²) in [6.45, 7) is 0.224. The first-order valence-electron chi connectivity index (χ1n) is 16.5. The van der Waals surface area contributed by atoms with Gasteiger partial charge >= 0.3 is 5.97 Å². The molecule has 0 spiro atoms. The number of aliphatic hydroxyl groups excluding tert-OH is 1. The van der Waals surface area contributed by atoms with E-state index in [0.717, 1.165) is 28.9 Å². The Hall–Kier alpha value is -4.55. The van der Waals surface area contributed by atoms with Crippen molar-refractivity contribution >= 4 is 29.5 Å². The van der Waals surface area contributed by atoms with Crippen LogP contribution in [0.5, 0.6) is 0 Å². The summed E-state index contributed by atoms with van der Waals surface area (Å²) in [5.41, 5.74) is 7.27. The highest BCUT2D eigenvalue weighted by Gasteiger charge is 2.37. The minimum atomic E-state index is -0.768. The van der Waals surface area contributed by atoms with Crippen LogP contribution in [0.1, 0.15) is 46.2 Å². The fourth-order valence-electron chi connectivity index (χ4n) is 6.12. The van der Waals surface area contributed by atoms with Crippen molar-refractivity contribution in [1.82, 2.24) is 0 Å². The van der Waals surface area contributed by atoms with Crippen LogP contribution in [0.4, 0.5) is 0 Å². The lowest BCUT2D eigenvalue weighted by Gasteiger charge is -2.35. The van der Waals surface area contributed by atoms with Gasteiger partial charge in [0.05, 0.1) is 15.9 Å². The number of carboxylic acids is 1. The van der Waals surface area contributed by atoms with Gasteiger partial charge < -0.3 is 10.2 Å². The zero-order chi connectivity index (χ0) is 34.2. The van der Waals surface area contributed by atoms with Crippen molar-refractivity contribution in [2.24, 2.45) is 0 Å². The van der Waals surface area contributed by atoms with Crippen LogP contribution in [0.3, 0.4) is 0 Å². The van der Waals surface area contributed by atoms with Gasteiger partial charge in [-0.05, 0) is 45.6 Å². The Morgan fingerprint density at radius 3 is 0.898 bits per heavy atom. The molecule has 0 saturated carbocycles. The molecule has 0 radical (unpaired) electrons. The summed E-state index contributed by atoms with van der Waals surface area (Å²) >= 11 is 3.57. The monoisotopic (exact) mass is 682 g/mol. The molecule has 6 aromatic rings. The summed E-state index contributed by atoms with van der Waals surface area (Å²) in [6, 6.07) is 62.9. The second kappa shape index (κ2) is 18.3. The van der Waals surface area contributed by atoms with Gasteiger partial charge in [0, 0.05) is 12.4 Å². The molecule has 3 nitrogen and oxygen atoms in total. The van der Waals surface area contributed by atoms with Crippen molar-refractivity contribution < 1.29 is 15.0 Å². The average Bonchev–Trinajstić information content (AvgIpc) is 3.18. The molecule has 6 aromatic carbocycles. The molecule has 0 fully saturated rings. The number of aliphatic hydroxyl groups is 1. The smallest absolute Gasteiger partial charge is 0.304 e. The molecule has 0 aromatic heterocycles. The number of carboxylic acid groups (broad SMARTS) is 1. The number of hydrogen-bond acceptors (Lipinski definition) is 4. The average molecular weight is 683 g/mol. The highest BCUT2D eigenvalue weighted by Crippen LogP contribution is 2.49. The molecule has 0 atom stereocenters. The van der Waals surface area contributed by atoms with Gasteiger partial charge in [0.25, 0.3) is 0 Å². The van der Waals surface area contributed by atoms with Crippen LogP contribution < -0.4 is 0 Å². The van der Waals surface area contributed by atoms with Crippen molar-refractivity contribution in [3.63, 3.8) is 0 Å². The standard InChI is InChI=1S/C22H20O2S.C22H22OS/c23-21(24)16-17-25-22(18-10-4-1-5-11-18,19-12-6-2-7-13-19)20-14-8-3-9-15-20;23-17-10-18-24-22(19-11-4-1-5-12-19,20-13-6-2-7-14-20)21-15-8-3-9-16-21/h1-15H,16-17H2,(H,23,24);1-9,11-16,23H,10,17-18H2. The third-order valence-corrected chi connectivity index (χ3v) is 11.5. The molecule has 0 aliphatic carbocycles. The molecule has 248 valence electrons. The molecule has 0 aliphatic rings. The van der Waals surface area contributed by atoms with Gasteiger partial charge in [-0.2, -0.15) is 0 Å². The van der Waals surface area contributed by atoms with Crippen molar-refractivity contribution in [3.05, 3.63) is 215 Å². The number of thioether (sulfide) groups is 2. The van der Waals surface area contributed by atoms with Crippen LogP contribution in [0.15, 0.2) is 182 Å². The highest BCUT2D eigenvalue weighted by molar-refractivity contribution is 8.00. The zero-order valence-electron chi connectivity index (χ0n) is 27.5. The van der Waals surface area contributed by atoms with E-state index in [4.69, 9.17) is 5.11 Å². The van der Waals surface area contributed by atoms with Crippen molar-refractivity contribution in [3.8, 4) is 0 Å². The summed E-state index contributed by atoms with van der Waals surface area (Å²) in [7, 11) is 0. The summed E-state index contributed by atoms with van der Waals surface area (Å²) in [4.78, 5) is 11.1. The minimum absolute atomic E-state index is 0.138. The Morgan fingerprint density at radius 1 is 0.429 bits per heavy atom. The van der Waals surface area contributed by atoms with E-state index in [-0.39, 0.29) is 17.8 Å². The van der Waals surface area contributed by atoms with E-state index in [0.29, 0.717) is 5.75 Å². The van der Waals surface area contributed by atoms with E-state index >= 15 is 0 Å². The number of hydrogen-bond donors (Lipinski definition) is 2. The molecule has 49 heavy (non-hydrogen) atoms. The third kappa shape index (κ3) is 8.73. The van der Waals surface area contributed by atoms with Crippen molar-refractivity contribution in [2.75, 3.05) is 18.1 Å². The Balaban J connectivity index is 0.000000191. The van der Waals surface area contributed by atoms with Crippen LogP contribution in [0, 0.1) is 0 Å². The molecule has 0 amide bonds. The first-order valence-corrected chi connectivity index (χ1v) is 18.5. The molecule has 0 aliphatic heterocycles. The lowest BCUT2D eigenvalue weighted by Crippen LogP contribution is -2.26. The Kier molecular flexibility index (Phi) is 13.3. The highest BCUT2D eigenvalue weighted by atomic mass is 32.2. The molecule has 0 saturated heterocycles. The second-order valence-electron chi connectivity index (χ2n) is 11.5. The predicted molar refractivity (Wildman–Crippen MR) is 207 cm³/mol. The van der Waals surface area contributed by atoms with E-state index < -0.39 is 10.7 Å². The maximum Gasteiger partial charge on any atom is 0.304 e. The van der Waals surface area contributed by atoms with Gasteiger partial charge in [-0.1, -0.05) is 182 Å². The molecular formula is C44H42O3S2. The van der Waals surface area contributed by atoms with Crippen LogP contribution in [0.25, 0.3) is 0 Å². The maximum atomic E-state index is 11.1. The van der Waals surface area contributed by atoms with Gasteiger partial charge in [-0.15, -0.1) is 23.5 Å². The first-order chi connectivity index (χ1) is 24.1. The molecule has 0 bridgehead atoms. The normalized spacial score (nSPS) is 11.3. The van der Waals surface area contributed by atoms with E-state index in [2.05, 4.69) is 127 Å². The van der Waals surface area contributed by atoms with Crippen LogP contribution in [-0.4, -0.2) is 34.3 Å². The van der Waals surface area contributed by atoms with Crippen molar-refractivity contribution in [1.29, 1.82) is 0 Å². The second-order valence-corrected chi connectivity index (χ2v) is 14.1. The predicted octanol–water partition coefficient (Wildman–Crippen LogP) is 10.3. The van der Waals surface area contributed by atoms with Gasteiger partial charge in [-0.25, -0.2) is 0 Å². The molecule has 6 rings (SSSR count). The van der Waals surface area contributed by atoms with E-state index in [1.807, 2.05) is 66.4 Å².